The molecule has 1 aliphatic rings. The quantitative estimate of drug-likeness (QED) is 0.634. The molecule has 0 amide bonds. The van der Waals surface area contributed by atoms with Gasteiger partial charge >= 0.3 is 7.12 Å². The topological polar surface area (TPSA) is 48.4 Å². The van der Waals surface area contributed by atoms with Gasteiger partial charge in [-0.05, 0) is 58.0 Å². The number of hydrogen-bond acceptors (Lipinski definition) is 4. The average Bonchev–Trinajstić information content (AvgIpc) is 2.75. The van der Waals surface area contributed by atoms with Crippen LogP contribution in [0.25, 0.3) is 0 Å². The number of benzene rings is 1. The Labute approximate surface area is 147 Å². The summed E-state index contributed by atoms with van der Waals surface area (Å²) in [5.74, 6) is -0.183. The highest BCUT2D eigenvalue weighted by atomic mass is 35.5. The SMILES string of the molecule is CC1(C)OB(c2cccnc2C(=O)c2ccc(Cl)cc2)OC1(C)C. The Morgan fingerprint density at radius 2 is 1.62 bits per heavy atom. The predicted octanol–water partition coefficient (Wildman–Crippen LogP) is 3.27. The molecule has 0 radical (unpaired) electrons. The molecule has 1 aliphatic heterocycles. The fourth-order valence-corrected chi connectivity index (χ4v) is 2.63. The first-order valence-electron chi connectivity index (χ1n) is 7.82. The number of ketones is 1. The van der Waals surface area contributed by atoms with E-state index in [1.807, 2.05) is 33.8 Å². The van der Waals surface area contributed by atoms with Crippen molar-refractivity contribution in [2.24, 2.45) is 0 Å². The van der Waals surface area contributed by atoms with Crippen LogP contribution in [0.4, 0.5) is 0 Å². The Bertz CT molecular complexity index is 758. The van der Waals surface area contributed by atoms with Crippen molar-refractivity contribution < 1.29 is 14.1 Å². The molecular weight excluding hydrogens is 324 g/mol. The Morgan fingerprint density at radius 1 is 1.04 bits per heavy atom. The summed E-state index contributed by atoms with van der Waals surface area (Å²) in [6, 6.07) is 10.3. The van der Waals surface area contributed by atoms with Gasteiger partial charge in [-0.1, -0.05) is 17.7 Å². The summed E-state index contributed by atoms with van der Waals surface area (Å²) < 4.78 is 12.1. The molecule has 1 saturated heterocycles. The van der Waals surface area contributed by atoms with Crippen molar-refractivity contribution in [3.05, 3.63) is 58.9 Å². The summed E-state index contributed by atoms with van der Waals surface area (Å²) in [7, 11) is -0.630. The highest BCUT2D eigenvalue weighted by molar-refractivity contribution is 6.63. The molecule has 24 heavy (non-hydrogen) atoms. The van der Waals surface area contributed by atoms with Gasteiger partial charge in [-0.25, -0.2) is 0 Å². The van der Waals surface area contributed by atoms with E-state index in [1.54, 1.807) is 36.5 Å². The second-order valence-electron chi connectivity index (χ2n) is 6.87. The van der Waals surface area contributed by atoms with Gasteiger partial charge in [0.15, 0.2) is 0 Å². The van der Waals surface area contributed by atoms with E-state index in [0.29, 0.717) is 21.7 Å². The van der Waals surface area contributed by atoms with Crippen molar-refractivity contribution in [1.29, 1.82) is 0 Å². The summed E-state index contributed by atoms with van der Waals surface area (Å²) in [6.45, 7) is 7.90. The largest absolute Gasteiger partial charge is 0.497 e. The van der Waals surface area contributed by atoms with Gasteiger partial charge in [0.25, 0.3) is 0 Å². The smallest absolute Gasteiger partial charge is 0.399 e. The molecule has 0 spiro atoms. The normalized spacial score (nSPS) is 18.6. The number of carbonyl (C=O) groups excluding carboxylic acids is 1. The Hall–Kier alpha value is -1.69. The summed E-state index contributed by atoms with van der Waals surface area (Å²) in [4.78, 5) is 17.1. The molecule has 0 aliphatic carbocycles. The number of aromatic nitrogens is 1. The maximum Gasteiger partial charge on any atom is 0.497 e. The fraction of sp³-hybridized carbons (Fsp3) is 0.333. The van der Waals surface area contributed by atoms with E-state index in [1.165, 1.54) is 0 Å². The maximum atomic E-state index is 12.8. The molecule has 6 heteroatoms. The first-order chi connectivity index (χ1) is 11.2. The zero-order chi connectivity index (χ0) is 17.5. The molecule has 2 aromatic rings. The number of halogens is 1. The van der Waals surface area contributed by atoms with Crippen LogP contribution < -0.4 is 5.46 Å². The van der Waals surface area contributed by atoms with E-state index in [0.717, 1.165) is 0 Å². The highest BCUT2D eigenvalue weighted by Gasteiger charge is 2.52. The first kappa shape index (κ1) is 17.1. The average molecular weight is 344 g/mol. The number of nitrogens with zero attached hydrogens (tertiary/aromatic N) is 1. The highest BCUT2D eigenvalue weighted by Crippen LogP contribution is 2.36. The number of rotatable bonds is 3. The van der Waals surface area contributed by atoms with Crippen LogP contribution in [0, 0.1) is 0 Å². The number of carbonyl (C=O) groups is 1. The lowest BCUT2D eigenvalue weighted by atomic mass is 9.76. The summed E-state index contributed by atoms with van der Waals surface area (Å²) in [6.07, 6.45) is 1.60. The Kier molecular flexibility index (Phi) is 4.28. The van der Waals surface area contributed by atoms with Gasteiger partial charge in [-0.15, -0.1) is 0 Å². The third-order valence-corrected chi connectivity index (χ3v) is 4.92. The minimum atomic E-state index is -0.630. The second kappa shape index (κ2) is 5.99. The molecule has 1 aromatic carbocycles. The third kappa shape index (κ3) is 2.99. The van der Waals surface area contributed by atoms with Crippen LogP contribution in [0.1, 0.15) is 43.7 Å². The van der Waals surface area contributed by atoms with Gasteiger partial charge in [-0.3, -0.25) is 9.78 Å². The Balaban J connectivity index is 1.98. The van der Waals surface area contributed by atoms with E-state index >= 15 is 0 Å². The lowest BCUT2D eigenvalue weighted by Gasteiger charge is -2.32. The number of pyridine rings is 1. The van der Waals surface area contributed by atoms with Crippen LogP contribution >= 0.6 is 11.6 Å². The van der Waals surface area contributed by atoms with Crippen LogP contribution in [-0.2, 0) is 9.31 Å². The molecule has 0 unspecified atom stereocenters. The van der Waals surface area contributed by atoms with Crippen LogP contribution in [0.2, 0.25) is 5.02 Å². The molecule has 0 N–H and O–H groups in total. The lowest BCUT2D eigenvalue weighted by molar-refractivity contribution is 0.00578. The summed E-state index contributed by atoms with van der Waals surface area (Å²) >= 11 is 5.89. The second-order valence-corrected chi connectivity index (χ2v) is 7.30. The number of hydrogen-bond donors (Lipinski definition) is 0. The van der Waals surface area contributed by atoms with Gasteiger partial charge in [0.2, 0.25) is 5.78 Å². The van der Waals surface area contributed by atoms with Crippen LogP contribution in [-0.4, -0.2) is 29.1 Å². The minimum absolute atomic E-state index is 0.183. The molecule has 4 nitrogen and oxygen atoms in total. The first-order valence-corrected chi connectivity index (χ1v) is 8.20. The van der Waals surface area contributed by atoms with E-state index < -0.39 is 18.3 Å². The molecule has 0 saturated carbocycles. The minimum Gasteiger partial charge on any atom is -0.399 e. The van der Waals surface area contributed by atoms with E-state index in [2.05, 4.69) is 4.98 Å². The van der Waals surface area contributed by atoms with E-state index in [9.17, 15) is 4.79 Å². The zero-order valence-electron chi connectivity index (χ0n) is 14.2. The van der Waals surface area contributed by atoms with Crippen molar-refractivity contribution in [3.8, 4) is 0 Å². The molecule has 1 fully saturated rings. The molecule has 0 bridgehead atoms. The predicted molar refractivity (Wildman–Crippen MR) is 94.8 cm³/mol. The molecular formula is C18H19BClNO3. The molecule has 124 valence electrons. The summed E-state index contributed by atoms with van der Waals surface area (Å²) in [5, 5.41) is 0.582. The van der Waals surface area contributed by atoms with Crippen LogP contribution in [0.15, 0.2) is 42.6 Å². The van der Waals surface area contributed by atoms with E-state index in [4.69, 9.17) is 20.9 Å². The van der Waals surface area contributed by atoms with Crippen molar-refractivity contribution in [1.82, 2.24) is 4.98 Å². The van der Waals surface area contributed by atoms with Gasteiger partial charge in [0.05, 0.1) is 11.2 Å². The van der Waals surface area contributed by atoms with Crippen LogP contribution in [0.5, 0.6) is 0 Å². The van der Waals surface area contributed by atoms with Gasteiger partial charge in [0.1, 0.15) is 5.69 Å². The van der Waals surface area contributed by atoms with Gasteiger partial charge in [-0.2, -0.15) is 0 Å². The molecule has 3 rings (SSSR count). The molecule has 1 aromatic heterocycles. The third-order valence-electron chi connectivity index (χ3n) is 4.67. The van der Waals surface area contributed by atoms with Crippen molar-refractivity contribution >= 4 is 30.0 Å². The van der Waals surface area contributed by atoms with E-state index in [-0.39, 0.29) is 5.78 Å². The Morgan fingerprint density at radius 3 is 2.21 bits per heavy atom. The fourth-order valence-electron chi connectivity index (χ4n) is 2.51. The van der Waals surface area contributed by atoms with Crippen molar-refractivity contribution in [2.75, 3.05) is 0 Å². The molecule has 2 heterocycles. The summed E-state index contributed by atoms with van der Waals surface area (Å²) in [5.41, 5.74) is 0.535. The van der Waals surface area contributed by atoms with Gasteiger partial charge < -0.3 is 9.31 Å². The zero-order valence-corrected chi connectivity index (χ0v) is 14.9. The van der Waals surface area contributed by atoms with Gasteiger partial charge in [0, 0.05) is 22.2 Å². The van der Waals surface area contributed by atoms with Crippen molar-refractivity contribution in [2.45, 2.75) is 38.9 Å². The lowest BCUT2D eigenvalue weighted by Crippen LogP contribution is -2.41. The maximum absolute atomic E-state index is 12.8. The van der Waals surface area contributed by atoms with Crippen molar-refractivity contribution in [3.63, 3.8) is 0 Å². The molecule has 0 atom stereocenters. The van der Waals surface area contributed by atoms with Crippen LogP contribution in [0.3, 0.4) is 0 Å². The monoisotopic (exact) mass is 343 g/mol. The standard InChI is InChI=1S/C18H19BClNO3/c1-17(2)18(3,4)24-19(23-17)14-6-5-11-21-15(14)16(22)12-7-9-13(20)10-8-12/h5-11H,1-4H3.